The van der Waals surface area contributed by atoms with Crippen LogP contribution in [-0.4, -0.2) is 42.2 Å². The molecule has 0 saturated heterocycles. The van der Waals surface area contributed by atoms with Crippen LogP contribution >= 0.6 is 0 Å². The zero-order chi connectivity index (χ0) is 25.2. The van der Waals surface area contributed by atoms with Gasteiger partial charge in [0.25, 0.3) is 15.9 Å². The quantitative estimate of drug-likeness (QED) is 0.426. The van der Waals surface area contributed by atoms with Gasteiger partial charge in [-0.25, -0.2) is 23.2 Å². The number of hydrazine groups is 1. The number of nitrogens with zero attached hydrogens (tertiary/aromatic N) is 2. The summed E-state index contributed by atoms with van der Waals surface area (Å²) >= 11 is 0. The number of carboxylic acid groups (broad SMARTS) is 1. The van der Waals surface area contributed by atoms with Crippen LogP contribution in [0.2, 0.25) is 0 Å². The highest BCUT2D eigenvalue weighted by Crippen LogP contribution is 2.24. The van der Waals surface area contributed by atoms with Crippen LogP contribution in [0.15, 0.2) is 86.9 Å². The number of rotatable bonds is 7. The number of benzene rings is 2. The maximum absolute atomic E-state index is 13.2. The normalized spacial score (nSPS) is 14.8. The molecule has 178 valence electrons. The van der Waals surface area contributed by atoms with E-state index in [2.05, 4.69) is 15.1 Å². The van der Waals surface area contributed by atoms with Crippen molar-refractivity contribution in [1.82, 2.24) is 9.84 Å². The Balaban J connectivity index is 1.72. The Morgan fingerprint density at radius 1 is 1.09 bits per heavy atom. The van der Waals surface area contributed by atoms with Gasteiger partial charge in [0.1, 0.15) is 11.5 Å². The van der Waals surface area contributed by atoms with Crippen LogP contribution in [0.1, 0.15) is 28.6 Å². The molecule has 0 aliphatic carbocycles. The molecule has 11 nitrogen and oxygen atoms in total. The van der Waals surface area contributed by atoms with Crippen LogP contribution in [-0.2, 0) is 19.6 Å². The summed E-state index contributed by atoms with van der Waals surface area (Å²) in [6.45, 7) is 1.19. The average Bonchev–Trinajstić information content (AvgIpc) is 3.43. The molecule has 12 heteroatoms. The van der Waals surface area contributed by atoms with Crippen LogP contribution < -0.4 is 10.1 Å². The molecule has 0 spiro atoms. The molecule has 0 bridgehead atoms. The molecule has 0 radical (unpaired) electrons. The van der Waals surface area contributed by atoms with E-state index < -0.39 is 38.3 Å². The molecule has 1 aromatic heterocycles. The zero-order valence-electron chi connectivity index (χ0n) is 18.1. The number of aromatic carboxylic acids is 1. The van der Waals surface area contributed by atoms with Crippen molar-refractivity contribution in [3.8, 4) is 0 Å². The molecule has 2 amide bonds. The van der Waals surface area contributed by atoms with Crippen molar-refractivity contribution in [2.45, 2.75) is 11.8 Å². The molecule has 3 N–H and O–H groups in total. The second-order valence-electron chi connectivity index (χ2n) is 7.28. The zero-order valence-corrected chi connectivity index (χ0v) is 18.9. The summed E-state index contributed by atoms with van der Waals surface area (Å²) in [6.07, 6.45) is 2.78. The largest absolute Gasteiger partial charge is 0.478 e. The Morgan fingerprint density at radius 2 is 1.83 bits per heavy atom. The van der Waals surface area contributed by atoms with Crippen LogP contribution in [0.5, 0.6) is 0 Å². The number of hydrogen-bond donors (Lipinski definition) is 3. The molecule has 0 atom stereocenters. The number of aliphatic imine (C=N–C) groups is 1. The lowest BCUT2D eigenvalue weighted by molar-refractivity contribution is -0.123. The van der Waals surface area contributed by atoms with Crippen molar-refractivity contribution in [2.75, 3.05) is 5.32 Å². The molecule has 2 heterocycles. The molecule has 3 aromatic rings. The van der Waals surface area contributed by atoms with E-state index in [0.29, 0.717) is 11.3 Å². The number of carboxylic acids is 1. The fourth-order valence-corrected chi connectivity index (χ4v) is 4.26. The molecule has 4 rings (SSSR count). The van der Waals surface area contributed by atoms with Crippen LogP contribution in [0.4, 0.5) is 5.69 Å². The van der Waals surface area contributed by atoms with Gasteiger partial charge in [0, 0.05) is 18.6 Å². The summed E-state index contributed by atoms with van der Waals surface area (Å²) in [4.78, 5) is 42.1. The first-order valence-electron chi connectivity index (χ1n) is 10.1. The van der Waals surface area contributed by atoms with E-state index in [0.717, 1.165) is 23.2 Å². The summed E-state index contributed by atoms with van der Waals surface area (Å²) < 4.78 is 31.6. The van der Waals surface area contributed by atoms with Gasteiger partial charge in [0.2, 0.25) is 5.91 Å². The van der Waals surface area contributed by atoms with E-state index in [9.17, 15) is 27.9 Å². The van der Waals surface area contributed by atoms with Crippen LogP contribution in [0, 0.1) is 0 Å². The van der Waals surface area contributed by atoms with E-state index >= 15 is 0 Å². The Labute approximate surface area is 199 Å². The smallest absolute Gasteiger partial charge is 0.337 e. The van der Waals surface area contributed by atoms with E-state index in [-0.39, 0.29) is 17.2 Å². The predicted octanol–water partition coefficient (Wildman–Crippen LogP) is 2.46. The van der Waals surface area contributed by atoms with Gasteiger partial charge < -0.3 is 14.8 Å². The highest BCUT2D eigenvalue weighted by molar-refractivity contribution is 7.89. The van der Waals surface area contributed by atoms with Crippen molar-refractivity contribution >= 4 is 45.4 Å². The Bertz CT molecular complexity index is 1480. The predicted molar refractivity (Wildman–Crippen MR) is 125 cm³/mol. The lowest BCUT2D eigenvalue weighted by Gasteiger charge is -2.19. The van der Waals surface area contributed by atoms with Crippen molar-refractivity contribution in [2.24, 2.45) is 4.99 Å². The third kappa shape index (κ3) is 5.03. The number of amidine groups is 1. The van der Waals surface area contributed by atoms with Crippen LogP contribution in [0.25, 0.3) is 6.08 Å². The minimum absolute atomic E-state index is 0.0188. The standard InChI is InChI=1S/C23H18N4O7S/c1-14(28)24-19-10-9-17(13-18(19)23(30)31)35(32,33)26-27-21(15-6-3-2-4-7-15)25-20(22(27)29)12-16-8-5-11-34-16/h2-13,26H,1H3,(H,24,28)(H,30,31). The maximum Gasteiger partial charge on any atom is 0.337 e. The molecule has 2 aromatic carbocycles. The first kappa shape index (κ1) is 23.6. The Morgan fingerprint density at radius 3 is 2.46 bits per heavy atom. The van der Waals surface area contributed by atoms with E-state index in [1.54, 1.807) is 42.5 Å². The maximum atomic E-state index is 13.2. The molecular weight excluding hydrogens is 476 g/mol. The summed E-state index contributed by atoms with van der Waals surface area (Å²) in [7, 11) is -4.46. The SMILES string of the molecule is CC(=O)Nc1ccc(S(=O)(=O)NN2C(=O)C(=Cc3ccco3)N=C2c2ccccc2)cc1C(=O)O. The lowest BCUT2D eigenvalue weighted by Crippen LogP contribution is -2.47. The summed E-state index contributed by atoms with van der Waals surface area (Å²) in [5, 5.41) is 12.6. The van der Waals surface area contributed by atoms with Gasteiger partial charge in [-0.2, -0.15) is 0 Å². The molecule has 1 aliphatic rings. The van der Waals surface area contributed by atoms with Crippen LogP contribution in [0.3, 0.4) is 0 Å². The summed E-state index contributed by atoms with van der Waals surface area (Å²) in [5.41, 5.74) is -0.130. The van der Waals surface area contributed by atoms with Gasteiger partial charge in [0.05, 0.1) is 22.4 Å². The van der Waals surface area contributed by atoms with Crippen molar-refractivity contribution in [1.29, 1.82) is 0 Å². The number of hydrogen-bond acceptors (Lipinski definition) is 7. The number of nitrogens with one attached hydrogen (secondary N) is 2. The van der Waals surface area contributed by atoms with E-state index in [1.807, 2.05) is 0 Å². The van der Waals surface area contributed by atoms with Crippen molar-refractivity contribution in [3.05, 3.63) is 89.5 Å². The van der Waals surface area contributed by atoms with E-state index in [4.69, 9.17) is 4.42 Å². The molecule has 0 saturated carbocycles. The van der Waals surface area contributed by atoms with Crippen molar-refractivity contribution < 1.29 is 32.3 Å². The first-order chi connectivity index (χ1) is 16.7. The Kier molecular flexibility index (Phi) is 6.32. The number of amides is 2. The lowest BCUT2D eigenvalue weighted by atomic mass is 10.2. The molecule has 35 heavy (non-hydrogen) atoms. The highest BCUT2D eigenvalue weighted by Gasteiger charge is 2.35. The molecular formula is C23H18N4O7S. The first-order valence-corrected chi connectivity index (χ1v) is 11.5. The Hall–Kier alpha value is -4.55. The summed E-state index contributed by atoms with van der Waals surface area (Å²) in [5.74, 6) is -2.38. The molecule has 0 fully saturated rings. The average molecular weight is 494 g/mol. The minimum Gasteiger partial charge on any atom is -0.478 e. The molecule has 1 aliphatic heterocycles. The van der Waals surface area contributed by atoms with Gasteiger partial charge in [-0.05, 0) is 30.3 Å². The van der Waals surface area contributed by atoms with E-state index in [1.165, 1.54) is 19.3 Å². The van der Waals surface area contributed by atoms with Gasteiger partial charge in [-0.3, -0.25) is 9.59 Å². The molecule has 0 unspecified atom stereocenters. The van der Waals surface area contributed by atoms with Gasteiger partial charge in [0.15, 0.2) is 5.84 Å². The highest BCUT2D eigenvalue weighted by atomic mass is 32.2. The fraction of sp³-hybridized carbons (Fsp3) is 0.0435. The van der Waals surface area contributed by atoms with Gasteiger partial charge in [-0.1, -0.05) is 30.3 Å². The number of anilines is 1. The minimum atomic E-state index is -4.46. The number of carbonyl (C=O) groups is 3. The fourth-order valence-electron chi connectivity index (χ4n) is 3.23. The monoisotopic (exact) mass is 494 g/mol. The second-order valence-corrected chi connectivity index (χ2v) is 8.94. The third-order valence-corrected chi connectivity index (χ3v) is 6.07. The van der Waals surface area contributed by atoms with Crippen molar-refractivity contribution in [3.63, 3.8) is 0 Å². The van der Waals surface area contributed by atoms with Gasteiger partial charge >= 0.3 is 5.97 Å². The number of furan rings is 1. The van der Waals surface area contributed by atoms with Gasteiger partial charge in [-0.15, -0.1) is 4.83 Å². The topological polar surface area (TPSA) is 158 Å². The summed E-state index contributed by atoms with van der Waals surface area (Å²) in [6, 6.07) is 14.8. The second kappa shape index (κ2) is 9.37. The number of carbonyl (C=O) groups excluding carboxylic acids is 2. The number of sulfonamides is 1. The third-order valence-electron chi connectivity index (χ3n) is 4.77.